The lowest BCUT2D eigenvalue weighted by Crippen LogP contribution is -2.04. The van der Waals surface area contributed by atoms with Crippen molar-refractivity contribution in [1.82, 2.24) is 9.97 Å². The number of halogens is 3. The van der Waals surface area contributed by atoms with E-state index in [4.69, 9.17) is 27.9 Å². The van der Waals surface area contributed by atoms with Gasteiger partial charge in [0, 0.05) is 22.3 Å². The van der Waals surface area contributed by atoms with Crippen LogP contribution in [0.3, 0.4) is 0 Å². The summed E-state index contributed by atoms with van der Waals surface area (Å²) in [4.78, 5) is 16.9. The molecule has 5 nitrogen and oxygen atoms in total. The van der Waals surface area contributed by atoms with Crippen LogP contribution in [0.15, 0.2) is 63.9 Å². The van der Waals surface area contributed by atoms with E-state index in [-0.39, 0.29) is 5.69 Å². The summed E-state index contributed by atoms with van der Waals surface area (Å²) in [5.74, 6) is 0.767. The zero-order chi connectivity index (χ0) is 20.4. The molecule has 8 heteroatoms. The van der Waals surface area contributed by atoms with Crippen molar-refractivity contribution in [2.45, 2.75) is 13.2 Å². The van der Waals surface area contributed by atoms with Gasteiger partial charge in [0.25, 0.3) is 0 Å². The molecule has 0 unspecified atom stereocenters. The van der Waals surface area contributed by atoms with Crippen molar-refractivity contribution in [2.24, 2.45) is 0 Å². The fraction of sp³-hybridized carbons (Fsp3) is 0.0952. The number of fused-ring (bicyclic) bond motifs is 1. The molecule has 0 atom stereocenters. The second-order valence-electron chi connectivity index (χ2n) is 6.48. The number of benzene rings is 3. The van der Waals surface area contributed by atoms with Gasteiger partial charge in [-0.25, -0.2) is 4.79 Å². The Morgan fingerprint density at radius 2 is 1.76 bits per heavy atom. The monoisotopic (exact) mass is 491 g/mol. The molecule has 0 spiro atoms. The number of anilines is 1. The van der Waals surface area contributed by atoms with E-state index in [0.29, 0.717) is 23.2 Å². The summed E-state index contributed by atoms with van der Waals surface area (Å²) >= 11 is 15.6. The molecule has 4 rings (SSSR count). The highest BCUT2D eigenvalue weighted by Gasteiger charge is 2.08. The third kappa shape index (κ3) is 4.78. The molecule has 0 amide bonds. The molecule has 3 aromatic carbocycles. The van der Waals surface area contributed by atoms with E-state index in [1.54, 1.807) is 12.1 Å². The number of H-pyrrole nitrogens is 2. The Bertz CT molecular complexity index is 1240. The first-order valence-electron chi connectivity index (χ1n) is 8.79. The minimum Gasteiger partial charge on any atom is -0.489 e. The van der Waals surface area contributed by atoms with Crippen molar-refractivity contribution in [2.75, 3.05) is 5.32 Å². The van der Waals surface area contributed by atoms with Crippen LogP contribution in [0.5, 0.6) is 5.75 Å². The molecule has 1 heterocycles. The van der Waals surface area contributed by atoms with Crippen LogP contribution < -0.4 is 15.7 Å². The Morgan fingerprint density at radius 1 is 0.931 bits per heavy atom. The molecule has 148 valence electrons. The second-order valence-corrected chi connectivity index (χ2v) is 8.21. The summed E-state index contributed by atoms with van der Waals surface area (Å²) in [6, 6.07) is 17.0. The van der Waals surface area contributed by atoms with Crippen molar-refractivity contribution in [1.29, 1.82) is 0 Å². The van der Waals surface area contributed by atoms with Crippen LogP contribution in [-0.2, 0) is 13.2 Å². The van der Waals surface area contributed by atoms with Crippen LogP contribution in [0.25, 0.3) is 11.0 Å². The van der Waals surface area contributed by atoms with Gasteiger partial charge in [-0.2, -0.15) is 0 Å². The molecule has 29 heavy (non-hydrogen) atoms. The Balaban J connectivity index is 1.49. The van der Waals surface area contributed by atoms with Crippen molar-refractivity contribution in [3.8, 4) is 5.75 Å². The lowest BCUT2D eigenvalue weighted by atomic mass is 10.2. The highest BCUT2D eigenvalue weighted by atomic mass is 79.9. The molecule has 0 saturated carbocycles. The van der Waals surface area contributed by atoms with Crippen LogP contribution in [0.1, 0.15) is 11.1 Å². The van der Waals surface area contributed by atoms with E-state index in [1.165, 1.54) is 0 Å². The Kier molecular flexibility index (Phi) is 5.85. The van der Waals surface area contributed by atoms with E-state index >= 15 is 0 Å². The minimum absolute atomic E-state index is 0.220. The summed E-state index contributed by atoms with van der Waals surface area (Å²) in [5, 5.41) is 4.39. The summed E-state index contributed by atoms with van der Waals surface area (Å²) in [6.45, 7) is 0.929. The number of aromatic nitrogens is 2. The normalized spacial score (nSPS) is 11.0. The van der Waals surface area contributed by atoms with Gasteiger partial charge in [0.1, 0.15) is 12.4 Å². The molecule has 0 aliphatic heterocycles. The van der Waals surface area contributed by atoms with E-state index in [9.17, 15) is 4.79 Å². The fourth-order valence-corrected chi connectivity index (χ4v) is 3.69. The lowest BCUT2D eigenvalue weighted by molar-refractivity contribution is 0.303. The molecule has 3 N–H and O–H groups in total. The lowest BCUT2D eigenvalue weighted by Gasteiger charge is -2.14. The van der Waals surface area contributed by atoms with Crippen LogP contribution in [0.4, 0.5) is 5.69 Å². The molecule has 0 saturated heterocycles. The van der Waals surface area contributed by atoms with Gasteiger partial charge in [-0.15, -0.1) is 0 Å². The molecule has 0 fully saturated rings. The average molecular weight is 493 g/mol. The van der Waals surface area contributed by atoms with Crippen LogP contribution >= 0.6 is 39.1 Å². The molecule has 1 aromatic heterocycles. The summed E-state index contributed by atoms with van der Waals surface area (Å²) in [5.41, 5.74) is 4.12. The predicted octanol–water partition coefficient (Wildman–Crippen LogP) is 6.12. The first-order chi connectivity index (χ1) is 14.0. The van der Waals surface area contributed by atoms with Crippen molar-refractivity contribution in [3.63, 3.8) is 0 Å². The third-order valence-electron chi connectivity index (χ3n) is 4.40. The first-order valence-corrected chi connectivity index (χ1v) is 10.3. The summed E-state index contributed by atoms with van der Waals surface area (Å²) < 4.78 is 6.98. The maximum absolute atomic E-state index is 11.4. The number of nitrogens with one attached hydrogen (secondary N) is 3. The van der Waals surface area contributed by atoms with Crippen molar-refractivity contribution >= 4 is 55.9 Å². The Morgan fingerprint density at radius 3 is 2.59 bits per heavy atom. The highest BCUT2D eigenvalue weighted by molar-refractivity contribution is 9.10. The van der Waals surface area contributed by atoms with E-state index in [1.807, 2.05) is 42.5 Å². The molecular weight excluding hydrogens is 477 g/mol. The molecule has 0 aliphatic rings. The van der Waals surface area contributed by atoms with Gasteiger partial charge in [0.15, 0.2) is 0 Å². The van der Waals surface area contributed by atoms with E-state index < -0.39 is 0 Å². The Labute approximate surface area is 185 Å². The third-order valence-corrected chi connectivity index (χ3v) is 5.63. The number of ether oxygens (including phenoxy) is 1. The number of hydrogen-bond acceptors (Lipinski definition) is 3. The summed E-state index contributed by atoms with van der Waals surface area (Å²) in [7, 11) is 0. The van der Waals surface area contributed by atoms with Crippen molar-refractivity contribution < 1.29 is 4.74 Å². The number of rotatable bonds is 6. The topological polar surface area (TPSA) is 69.9 Å². The molecule has 0 aliphatic carbocycles. The standard InChI is InChI=1S/C21H16BrCl2N3O2/c22-14-2-6-20(29-11-12-1-4-16(23)17(24)7-12)13(8-14)10-25-15-3-5-18-19(9-15)27-21(28)26-18/h1-9,25H,10-11H2,(H2,26,27,28). The van der Waals surface area contributed by atoms with Gasteiger partial charge in [0.2, 0.25) is 0 Å². The number of hydrogen-bond donors (Lipinski definition) is 3. The van der Waals surface area contributed by atoms with Gasteiger partial charge < -0.3 is 20.0 Å². The molecule has 0 bridgehead atoms. The molecule has 0 radical (unpaired) electrons. The molecular formula is C21H16BrCl2N3O2. The Hall–Kier alpha value is -2.41. The fourth-order valence-electron chi connectivity index (χ4n) is 2.96. The number of imidazole rings is 1. The van der Waals surface area contributed by atoms with E-state index in [2.05, 4.69) is 31.2 Å². The van der Waals surface area contributed by atoms with Crippen LogP contribution in [0, 0.1) is 0 Å². The summed E-state index contributed by atoms with van der Waals surface area (Å²) in [6.07, 6.45) is 0. The van der Waals surface area contributed by atoms with Gasteiger partial charge >= 0.3 is 5.69 Å². The smallest absolute Gasteiger partial charge is 0.323 e. The SMILES string of the molecule is O=c1[nH]c2ccc(NCc3cc(Br)ccc3OCc3ccc(Cl)c(Cl)c3)cc2[nH]1. The van der Waals surface area contributed by atoms with Crippen LogP contribution in [0.2, 0.25) is 10.0 Å². The molecule has 4 aromatic rings. The van der Waals surface area contributed by atoms with Crippen molar-refractivity contribution in [3.05, 3.63) is 90.7 Å². The van der Waals surface area contributed by atoms with Gasteiger partial charge in [0.05, 0.1) is 21.1 Å². The quantitative estimate of drug-likeness (QED) is 0.304. The maximum atomic E-state index is 11.4. The average Bonchev–Trinajstić information content (AvgIpc) is 3.07. The largest absolute Gasteiger partial charge is 0.489 e. The van der Waals surface area contributed by atoms with Crippen LogP contribution in [-0.4, -0.2) is 9.97 Å². The van der Waals surface area contributed by atoms with Gasteiger partial charge in [-0.1, -0.05) is 45.2 Å². The zero-order valence-corrected chi connectivity index (χ0v) is 18.2. The number of aromatic amines is 2. The van der Waals surface area contributed by atoms with Gasteiger partial charge in [-0.3, -0.25) is 0 Å². The first kappa shape index (κ1) is 19.9. The second kappa shape index (κ2) is 8.53. The van der Waals surface area contributed by atoms with Gasteiger partial charge in [-0.05, 0) is 54.1 Å². The predicted molar refractivity (Wildman–Crippen MR) is 121 cm³/mol. The maximum Gasteiger partial charge on any atom is 0.323 e. The van der Waals surface area contributed by atoms with E-state index in [0.717, 1.165) is 38.1 Å². The minimum atomic E-state index is -0.220. The zero-order valence-electron chi connectivity index (χ0n) is 15.1. The highest BCUT2D eigenvalue weighted by Crippen LogP contribution is 2.27.